The predicted molar refractivity (Wildman–Crippen MR) is 66.8 cm³/mol. The van der Waals surface area contributed by atoms with Crippen LogP contribution in [0.25, 0.3) is 0 Å². The normalized spacial score (nSPS) is 21.0. The van der Waals surface area contributed by atoms with Crippen LogP contribution < -0.4 is 15.2 Å². The number of alkyl halides is 3. The van der Waals surface area contributed by atoms with Crippen molar-refractivity contribution in [2.45, 2.75) is 37.4 Å². The molecule has 0 aromatic heterocycles. The molecule has 0 spiro atoms. The van der Waals surface area contributed by atoms with Gasteiger partial charge in [0, 0.05) is 11.1 Å². The van der Waals surface area contributed by atoms with Crippen molar-refractivity contribution >= 4 is 0 Å². The molecule has 0 atom stereocenters. The van der Waals surface area contributed by atoms with Crippen LogP contribution in [0.4, 0.5) is 13.2 Å². The lowest BCUT2D eigenvalue weighted by Crippen LogP contribution is -2.35. The molecule has 1 heterocycles. The van der Waals surface area contributed by atoms with Gasteiger partial charge in [-0.05, 0) is 18.9 Å². The molecular weight excluding hydrogens is 271 g/mol. The highest BCUT2D eigenvalue weighted by molar-refractivity contribution is 5.56. The third-order valence-electron chi connectivity index (χ3n) is 4.03. The van der Waals surface area contributed by atoms with E-state index in [1.54, 1.807) is 0 Å². The molecule has 1 aliphatic carbocycles. The van der Waals surface area contributed by atoms with E-state index in [0.29, 0.717) is 5.56 Å². The van der Waals surface area contributed by atoms with Crippen molar-refractivity contribution in [3.05, 3.63) is 23.3 Å². The zero-order valence-electron chi connectivity index (χ0n) is 10.9. The average Bonchev–Trinajstić information content (AvgIpc) is 2.84. The molecule has 0 amide bonds. The Kier molecular flexibility index (Phi) is 3.08. The number of ether oxygens (including phenoxy) is 2. The molecular formula is C14H16F3NO2. The molecule has 6 heteroatoms. The summed E-state index contributed by atoms with van der Waals surface area (Å²) in [5.41, 5.74) is 5.59. The monoisotopic (exact) mass is 287 g/mol. The van der Waals surface area contributed by atoms with E-state index in [1.807, 2.05) is 0 Å². The van der Waals surface area contributed by atoms with Gasteiger partial charge in [0.2, 0.25) is 0 Å². The maximum absolute atomic E-state index is 13.0. The number of halogens is 3. The number of hydrogen-bond donors (Lipinski definition) is 1. The van der Waals surface area contributed by atoms with Gasteiger partial charge in [0.25, 0.3) is 0 Å². The molecule has 0 unspecified atom stereocenters. The molecule has 0 saturated heterocycles. The first-order chi connectivity index (χ1) is 9.42. The van der Waals surface area contributed by atoms with Crippen molar-refractivity contribution in [2.75, 3.05) is 13.2 Å². The molecule has 0 radical (unpaired) electrons. The molecule has 1 aliphatic heterocycles. The first-order valence-corrected chi connectivity index (χ1v) is 6.71. The fraction of sp³-hybridized carbons (Fsp3) is 0.571. The highest BCUT2D eigenvalue weighted by Gasteiger charge is 2.41. The Morgan fingerprint density at radius 1 is 1.00 bits per heavy atom. The molecule has 1 fully saturated rings. The molecule has 2 N–H and O–H groups in total. The predicted octanol–water partition coefficient (Wildman–Crippen LogP) is 3.20. The summed E-state index contributed by atoms with van der Waals surface area (Å²) in [6.07, 6.45) is -0.983. The molecule has 2 aliphatic rings. The Morgan fingerprint density at radius 3 is 2.20 bits per heavy atom. The van der Waals surface area contributed by atoms with E-state index in [9.17, 15) is 13.2 Å². The summed E-state index contributed by atoms with van der Waals surface area (Å²) >= 11 is 0. The largest absolute Gasteiger partial charge is 0.486 e. The first-order valence-electron chi connectivity index (χ1n) is 6.71. The SMILES string of the molecule is NC1(c2ccc(C(F)(F)F)c3c2OCCO3)CCCC1. The molecule has 20 heavy (non-hydrogen) atoms. The minimum Gasteiger partial charge on any atom is -0.486 e. The van der Waals surface area contributed by atoms with Crippen LogP contribution in [0.15, 0.2) is 12.1 Å². The maximum Gasteiger partial charge on any atom is 0.420 e. The van der Waals surface area contributed by atoms with Crippen molar-refractivity contribution in [3.8, 4) is 11.5 Å². The number of benzene rings is 1. The van der Waals surface area contributed by atoms with Gasteiger partial charge < -0.3 is 15.2 Å². The lowest BCUT2D eigenvalue weighted by Gasteiger charge is -2.31. The summed E-state index contributed by atoms with van der Waals surface area (Å²) in [6.45, 7) is 0.370. The Labute approximate surface area is 114 Å². The quantitative estimate of drug-likeness (QED) is 0.862. The van der Waals surface area contributed by atoms with E-state index in [-0.39, 0.29) is 24.7 Å². The summed E-state index contributed by atoms with van der Waals surface area (Å²) in [4.78, 5) is 0. The minimum absolute atomic E-state index is 0.122. The van der Waals surface area contributed by atoms with Gasteiger partial charge in [0.1, 0.15) is 18.8 Å². The third-order valence-corrected chi connectivity index (χ3v) is 4.03. The van der Waals surface area contributed by atoms with Gasteiger partial charge in [-0.3, -0.25) is 0 Å². The Balaban J connectivity index is 2.14. The van der Waals surface area contributed by atoms with Crippen LogP contribution in [-0.2, 0) is 11.7 Å². The summed E-state index contributed by atoms with van der Waals surface area (Å²) in [7, 11) is 0. The number of rotatable bonds is 1. The first kappa shape index (κ1) is 13.5. The average molecular weight is 287 g/mol. The van der Waals surface area contributed by atoms with Crippen LogP contribution in [0.3, 0.4) is 0 Å². The molecule has 110 valence electrons. The fourth-order valence-electron chi connectivity index (χ4n) is 3.03. The molecule has 0 bridgehead atoms. The Bertz CT molecular complexity index is 522. The van der Waals surface area contributed by atoms with Crippen molar-refractivity contribution in [3.63, 3.8) is 0 Å². The number of hydrogen-bond acceptors (Lipinski definition) is 3. The number of fused-ring (bicyclic) bond motifs is 1. The highest BCUT2D eigenvalue weighted by atomic mass is 19.4. The van der Waals surface area contributed by atoms with E-state index < -0.39 is 17.3 Å². The van der Waals surface area contributed by atoms with Gasteiger partial charge in [-0.1, -0.05) is 18.9 Å². The highest BCUT2D eigenvalue weighted by Crippen LogP contribution is 2.49. The second-order valence-corrected chi connectivity index (χ2v) is 5.38. The zero-order valence-corrected chi connectivity index (χ0v) is 10.9. The smallest absolute Gasteiger partial charge is 0.420 e. The van der Waals surface area contributed by atoms with E-state index in [4.69, 9.17) is 15.2 Å². The van der Waals surface area contributed by atoms with Crippen LogP contribution in [0.5, 0.6) is 11.5 Å². The molecule has 3 rings (SSSR count). The molecule has 3 nitrogen and oxygen atoms in total. The second kappa shape index (κ2) is 4.55. The molecule has 1 saturated carbocycles. The summed E-state index contributed by atoms with van der Waals surface area (Å²) in [6, 6.07) is 2.50. The van der Waals surface area contributed by atoms with Crippen LogP contribution in [-0.4, -0.2) is 13.2 Å². The fourth-order valence-corrected chi connectivity index (χ4v) is 3.03. The minimum atomic E-state index is -4.46. The van der Waals surface area contributed by atoms with Gasteiger partial charge in [-0.25, -0.2) is 0 Å². The van der Waals surface area contributed by atoms with Gasteiger partial charge in [0.05, 0.1) is 0 Å². The van der Waals surface area contributed by atoms with Gasteiger partial charge in [-0.2, -0.15) is 13.2 Å². The Hall–Kier alpha value is -1.43. The van der Waals surface area contributed by atoms with Crippen molar-refractivity contribution in [1.29, 1.82) is 0 Å². The van der Waals surface area contributed by atoms with Crippen LogP contribution in [0.1, 0.15) is 36.8 Å². The lowest BCUT2D eigenvalue weighted by atomic mass is 9.87. The summed E-state index contributed by atoms with van der Waals surface area (Å²) < 4.78 is 49.7. The van der Waals surface area contributed by atoms with Crippen LogP contribution in [0.2, 0.25) is 0 Å². The Morgan fingerprint density at radius 2 is 1.60 bits per heavy atom. The molecule has 1 aromatic rings. The molecule has 1 aromatic carbocycles. The van der Waals surface area contributed by atoms with Crippen LogP contribution >= 0.6 is 0 Å². The van der Waals surface area contributed by atoms with Crippen molar-refractivity contribution in [1.82, 2.24) is 0 Å². The van der Waals surface area contributed by atoms with Gasteiger partial charge in [0.15, 0.2) is 11.5 Å². The van der Waals surface area contributed by atoms with Crippen molar-refractivity contribution in [2.24, 2.45) is 5.73 Å². The summed E-state index contributed by atoms with van der Waals surface area (Å²) in [5.74, 6) is -0.0338. The van der Waals surface area contributed by atoms with Gasteiger partial charge >= 0.3 is 6.18 Å². The standard InChI is InChI=1S/C14H16F3NO2/c15-14(16,17)10-4-3-9(13(18)5-1-2-6-13)11-12(10)20-8-7-19-11/h3-4H,1-2,5-8,18H2. The van der Waals surface area contributed by atoms with E-state index in [2.05, 4.69) is 0 Å². The van der Waals surface area contributed by atoms with E-state index in [1.165, 1.54) is 6.07 Å². The van der Waals surface area contributed by atoms with E-state index in [0.717, 1.165) is 31.7 Å². The summed E-state index contributed by atoms with van der Waals surface area (Å²) in [5, 5.41) is 0. The van der Waals surface area contributed by atoms with Crippen LogP contribution in [0, 0.1) is 0 Å². The van der Waals surface area contributed by atoms with Crippen molar-refractivity contribution < 1.29 is 22.6 Å². The topological polar surface area (TPSA) is 44.5 Å². The number of nitrogens with two attached hydrogens (primary N) is 1. The zero-order chi connectivity index (χ0) is 14.4. The third kappa shape index (κ3) is 2.12. The van der Waals surface area contributed by atoms with Gasteiger partial charge in [-0.15, -0.1) is 0 Å². The maximum atomic E-state index is 13.0. The lowest BCUT2D eigenvalue weighted by molar-refractivity contribution is -0.139. The van der Waals surface area contributed by atoms with E-state index >= 15 is 0 Å². The second-order valence-electron chi connectivity index (χ2n) is 5.38.